The van der Waals surface area contributed by atoms with Gasteiger partial charge >= 0.3 is 0 Å². The summed E-state index contributed by atoms with van der Waals surface area (Å²) in [6, 6.07) is 16.1. The van der Waals surface area contributed by atoms with Crippen molar-refractivity contribution in [1.29, 1.82) is 0 Å². The second kappa shape index (κ2) is 9.43. The fourth-order valence-electron chi connectivity index (χ4n) is 2.33. The SMILES string of the molecule is CCC(C)[C@@H](N)c1ccc(OCc2ccccc2)c(OC)c1.Cl. The third kappa shape index (κ3) is 5.15. The third-order valence-electron chi connectivity index (χ3n) is 4.07. The van der Waals surface area contributed by atoms with E-state index in [1.807, 2.05) is 48.5 Å². The van der Waals surface area contributed by atoms with E-state index in [4.69, 9.17) is 15.2 Å². The van der Waals surface area contributed by atoms with E-state index in [9.17, 15) is 0 Å². The minimum absolute atomic E-state index is 0. The zero-order chi connectivity index (χ0) is 15.9. The molecule has 2 aromatic carbocycles. The molecular weight excluding hydrogens is 310 g/mol. The Labute approximate surface area is 145 Å². The minimum atomic E-state index is 0. The first kappa shape index (κ1) is 19.3. The molecule has 0 aliphatic carbocycles. The molecule has 2 rings (SSSR count). The second-order valence-corrected chi connectivity index (χ2v) is 5.60. The fourth-order valence-corrected chi connectivity index (χ4v) is 2.33. The molecule has 0 heterocycles. The van der Waals surface area contributed by atoms with Crippen LogP contribution in [0.4, 0.5) is 0 Å². The molecule has 126 valence electrons. The summed E-state index contributed by atoms with van der Waals surface area (Å²) in [5.41, 5.74) is 8.50. The van der Waals surface area contributed by atoms with Crippen molar-refractivity contribution in [2.45, 2.75) is 32.9 Å². The first-order chi connectivity index (χ1) is 10.7. The van der Waals surface area contributed by atoms with Crippen LogP contribution in [0.25, 0.3) is 0 Å². The van der Waals surface area contributed by atoms with E-state index in [0.717, 1.165) is 29.0 Å². The first-order valence-corrected chi connectivity index (χ1v) is 7.76. The predicted octanol–water partition coefficient (Wildman–Crippen LogP) is 4.74. The van der Waals surface area contributed by atoms with Gasteiger partial charge in [0.1, 0.15) is 6.61 Å². The number of halogens is 1. The van der Waals surface area contributed by atoms with E-state index in [1.54, 1.807) is 7.11 Å². The van der Waals surface area contributed by atoms with Gasteiger partial charge in [0.2, 0.25) is 0 Å². The summed E-state index contributed by atoms with van der Waals surface area (Å²) >= 11 is 0. The van der Waals surface area contributed by atoms with E-state index >= 15 is 0 Å². The van der Waals surface area contributed by atoms with Gasteiger partial charge in [0.05, 0.1) is 7.11 Å². The molecule has 0 radical (unpaired) electrons. The Kier molecular flexibility index (Phi) is 7.93. The Morgan fingerprint density at radius 1 is 1.04 bits per heavy atom. The van der Waals surface area contributed by atoms with Gasteiger partial charge in [-0.25, -0.2) is 0 Å². The molecule has 0 amide bonds. The first-order valence-electron chi connectivity index (χ1n) is 7.76. The smallest absolute Gasteiger partial charge is 0.161 e. The summed E-state index contributed by atoms with van der Waals surface area (Å²) in [5, 5.41) is 0. The molecule has 2 aromatic rings. The minimum Gasteiger partial charge on any atom is -0.493 e. The van der Waals surface area contributed by atoms with Crippen molar-refractivity contribution in [3.8, 4) is 11.5 Å². The largest absolute Gasteiger partial charge is 0.493 e. The van der Waals surface area contributed by atoms with E-state index in [1.165, 1.54) is 0 Å². The van der Waals surface area contributed by atoms with Gasteiger partial charge in [-0.15, -0.1) is 12.4 Å². The van der Waals surface area contributed by atoms with Gasteiger partial charge in [-0.3, -0.25) is 0 Å². The molecule has 4 heteroatoms. The zero-order valence-electron chi connectivity index (χ0n) is 14.0. The number of ether oxygens (including phenoxy) is 2. The number of nitrogens with two attached hydrogens (primary N) is 1. The topological polar surface area (TPSA) is 44.5 Å². The average Bonchev–Trinajstić information content (AvgIpc) is 2.59. The molecule has 0 spiro atoms. The van der Waals surface area contributed by atoms with Crippen LogP contribution in [0.15, 0.2) is 48.5 Å². The maximum absolute atomic E-state index is 6.29. The van der Waals surface area contributed by atoms with Crippen LogP contribution in [0.5, 0.6) is 11.5 Å². The highest BCUT2D eigenvalue weighted by molar-refractivity contribution is 5.85. The van der Waals surface area contributed by atoms with E-state index in [2.05, 4.69) is 13.8 Å². The summed E-state index contributed by atoms with van der Waals surface area (Å²) in [7, 11) is 1.66. The molecule has 0 fully saturated rings. The number of hydrogen-bond acceptors (Lipinski definition) is 3. The molecular formula is C19H26ClNO2. The maximum atomic E-state index is 6.29. The normalized spacial score (nSPS) is 12.9. The lowest BCUT2D eigenvalue weighted by molar-refractivity contribution is 0.284. The molecule has 2 N–H and O–H groups in total. The fraction of sp³-hybridized carbons (Fsp3) is 0.368. The molecule has 23 heavy (non-hydrogen) atoms. The maximum Gasteiger partial charge on any atom is 0.161 e. The Morgan fingerprint density at radius 2 is 1.74 bits per heavy atom. The number of rotatable bonds is 7. The van der Waals surface area contributed by atoms with Gasteiger partial charge in [0, 0.05) is 6.04 Å². The van der Waals surface area contributed by atoms with Crippen molar-refractivity contribution in [2.75, 3.05) is 7.11 Å². The Hall–Kier alpha value is -1.71. The average molecular weight is 336 g/mol. The standard InChI is InChI=1S/C19H25NO2.ClH/c1-4-14(2)19(20)16-10-11-17(18(12-16)21-3)22-13-15-8-6-5-7-9-15;/h5-12,14,19H,4,13,20H2,1-3H3;1H/t14?,19-;/m1./s1. The number of benzene rings is 2. The summed E-state index contributed by atoms with van der Waals surface area (Å²) in [6.45, 7) is 4.84. The van der Waals surface area contributed by atoms with Crippen LogP contribution in [0.1, 0.15) is 37.4 Å². The van der Waals surface area contributed by atoms with Crippen molar-refractivity contribution in [3.63, 3.8) is 0 Å². The summed E-state index contributed by atoms with van der Waals surface area (Å²) in [4.78, 5) is 0. The van der Waals surface area contributed by atoms with Crippen molar-refractivity contribution < 1.29 is 9.47 Å². The quantitative estimate of drug-likeness (QED) is 0.794. The van der Waals surface area contributed by atoms with Gasteiger partial charge < -0.3 is 15.2 Å². The molecule has 2 atom stereocenters. The molecule has 0 aliphatic heterocycles. The van der Waals surface area contributed by atoms with Gasteiger partial charge in [-0.05, 0) is 29.2 Å². The number of hydrogen-bond donors (Lipinski definition) is 1. The Balaban J connectivity index is 0.00000264. The highest BCUT2D eigenvalue weighted by Crippen LogP contribution is 2.32. The Morgan fingerprint density at radius 3 is 2.35 bits per heavy atom. The highest BCUT2D eigenvalue weighted by atomic mass is 35.5. The van der Waals surface area contributed by atoms with Crippen LogP contribution in [0, 0.1) is 5.92 Å². The molecule has 0 bridgehead atoms. The van der Waals surface area contributed by atoms with Crippen molar-refractivity contribution >= 4 is 12.4 Å². The van der Waals surface area contributed by atoms with Crippen molar-refractivity contribution in [3.05, 3.63) is 59.7 Å². The van der Waals surface area contributed by atoms with E-state index in [0.29, 0.717) is 12.5 Å². The summed E-state index contributed by atoms with van der Waals surface area (Å²) < 4.78 is 11.3. The Bertz CT molecular complexity index is 589. The summed E-state index contributed by atoms with van der Waals surface area (Å²) in [5.74, 6) is 1.90. The number of methoxy groups -OCH3 is 1. The van der Waals surface area contributed by atoms with Crippen LogP contribution >= 0.6 is 12.4 Å². The van der Waals surface area contributed by atoms with E-state index < -0.39 is 0 Å². The van der Waals surface area contributed by atoms with Crippen molar-refractivity contribution in [1.82, 2.24) is 0 Å². The van der Waals surface area contributed by atoms with Gasteiger partial charge in [0.25, 0.3) is 0 Å². The van der Waals surface area contributed by atoms with Crippen LogP contribution in [-0.4, -0.2) is 7.11 Å². The second-order valence-electron chi connectivity index (χ2n) is 5.60. The lowest BCUT2D eigenvalue weighted by Crippen LogP contribution is -2.18. The molecule has 3 nitrogen and oxygen atoms in total. The van der Waals surface area contributed by atoms with Crippen LogP contribution < -0.4 is 15.2 Å². The molecule has 0 saturated carbocycles. The molecule has 1 unspecified atom stereocenters. The van der Waals surface area contributed by atoms with E-state index in [-0.39, 0.29) is 18.4 Å². The lowest BCUT2D eigenvalue weighted by atomic mass is 9.93. The van der Waals surface area contributed by atoms with Crippen LogP contribution in [0.2, 0.25) is 0 Å². The highest BCUT2D eigenvalue weighted by Gasteiger charge is 2.15. The van der Waals surface area contributed by atoms with Crippen molar-refractivity contribution in [2.24, 2.45) is 11.7 Å². The molecule has 0 saturated heterocycles. The monoisotopic (exact) mass is 335 g/mol. The molecule has 0 aromatic heterocycles. The zero-order valence-corrected chi connectivity index (χ0v) is 14.8. The van der Waals surface area contributed by atoms with Crippen LogP contribution in [-0.2, 0) is 6.61 Å². The van der Waals surface area contributed by atoms with Gasteiger partial charge in [-0.1, -0.05) is 56.7 Å². The summed E-state index contributed by atoms with van der Waals surface area (Å²) in [6.07, 6.45) is 1.05. The third-order valence-corrected chi connectivity index (χ3v) is 4.07. The van der Waals surface area contributed by atoms with Gasteiger partial charge in [0.15, 0.2) is 11.5 Å². The lowest BCUT2D eigenvalue weighted by Gasteiger charge is -2.20. The molecule has 0 aliphatic rings. The predicted molar refractivity (Wildman–Crippen MR) is 97.4 cm³/mol. The van der Waals surface area contributed by atoms with Crippen LogP contribution in [0.3, 0.4) is 0 Å². The van der Waals surface area contributed by atoms with Gasteiger partial charge in [-0.2, -0.15) is 0 Å².